The van der Waals surface area contributed by atoms with Crippen LogP contribution in [0.25, 0.3) is 0 Å². The summed E-state index contributed by atoms with van der Waals surface area (Å²) in [6.07, 6.45) is 2.72. The summed E-state index contributed by atoms with van der Waals surface area (Å²) in [5.41, 5.74) is 3.41. The monoisotopic (exact) mass is 364 g/mol. The van der Waals surface area contributed by atoms with Crippen LogP contribution in [0.5, 0.6) is 0 Å². The Kier molecular flexibility index (Phi) is 4.62. The first-order chi connectivity index (χ1) is 12.9. The van der Waals surface area contributed by atoms with Gasteiger partial charge in [0.2, 0.25) is 5.91 Å². The van der Waals surface area contributed by atoms with Crippen LogP contribution in [0.15, 0.2) is 36.4 Å². The van der Waals surface area contributed by atoms with Crippen molar-refractivity contribution in [1.82, 2.24) is 10.2 Å². The molecule has 4 rings (SSSR count). The summed E-state index contributed by atoms with van der Waals surface area (Å²) in [4.78, 5) is 17.3. The summed E-state index contributed by atoms with van der Waals surface area (Å²) >= 11 is 0. The van der Waals surface area contributed by atoms with E-state index in [2.05, 4.69) is 66.2 Å². The molecule has 1 saturated heterocycles. The number of hydrogen-bond donors (Lipinski definition) is 0. The highest BCUT2D eigenvalue weighted by Gasteiger charge is 2.32. The summed E-state index contributed by atoms with van der Waals surface area (Å²) in [6, 6.07) is 12.4. The van der Waals surface area contributed by atoms with Crippen molar-refractivity contribution < 1.29 is 4.79 Å². The van der Waals surface area contributed by atoms with Crippen molar-refractivity contribution >= 4 is 17.4 Å². The van der Waals surface area contributed by atoms with Crippen LogP contribution in [0.3, 0.4) is 0 Å². The summed E-state index contributed by atoms with van der Waals surface area (Å²) < 4.78 is 0. The van der Waals surface area contributed by atoms with Gasteiger partial charge in [-0.1, -0.05) is 39.0 Å². The van der Waals surface area contributed by atoms with E-state index < -0.39 is 0 Å². The molecule has 142 valence electrons. The zero-order chi connectivity index (χ0) is 19.0. The molecule has 0 aliphatic carbocycles. The maximum atomic E-state index is 13.0. The third-order valence-corrected chi connectivity index (χ3v) is 5.74. The number of nitrogens with zero attached hydrogens (tertiary/aromatic N) is 4. The lowest BCUT2D eigenvalue weighted by Gasteiger charge is -2.34. The quantitative estimate of drug-likeness (QED) is 0.817. The van der Waals surface area contributed by atoms with E-state index in [0.717, 1.165) is 56.1 Å². The Bertz CT molecular complexity index is 817. The van der Waals surface area contributed by atoms with Crippen molar-refractivity contribution in [2.24, 2.45) is 5.92 Å². The molecule has 5 heteroatoms. The van der Waals surface area contributed by atoms with Crippen LogP contribution < -0.4 is 9.80 Å². The van der Waals surface area contributed by atoms with Crippen molar-refractivity contribution in [2.45, 2.75) is 45.4 Å². The molecule has 0 spiro atoms. The van der Waals surface area contributed by atoms with Crippen molar-refractivity contribution in [3.63, 3.8) is 0 Å². The van der Waals surface area contributed by atoms with E-state index in [1.807, 2.05) is 11.0 Å². The van der Waals surface area contributed by atoms with Gasteiger partial charge in [-0.05, 0) is 43.0 Å². The van der Waals surface area contributed by atoms with Gasteiger partial charge in [0.1, 0.15) is 0 Å². The minimum absolute atomic E-state index is 0.0109. The molecule has 0 radical (unpaired) electrons. The lowest BCUT2D eigenvalue weighted by molar-refractivity contribution is -0.122. The Labute approximate surface area is 161 Å². The first kappa shape index (κ1) is 18.0. The molecular weight excluding hydrogens is 336 g/mol. The van der Waals surface area contributed by atoms with E-state index in [0.29, 0.717) is 0 Å². The molecule has 1 amide bonds. The zero-order valence-corrected chi connectivity index (χ0v) is 16.5. The van der Waals surface area contributed by atoms with Crippen LogP contribution in [0, 0.1) is 5.92 Å². The van der Waals surface area contributed by atoms with E-state index in [-0.39, 0.29) is 17.2 Å². The molecular formula is C22H28N4O. The third-order valence-electron chi connectivity index (χ3n) is 5.74. The average Bonchev–Trinajstić information content (AvgIpc) is 3.11. The predicted octanol–water partition coefficient (Wildman–Crippen LogP) is 3.58. The predicted molar refractivity (Wildman–Crippen MR) is 108 cm³/mol. The molecule has 3 heterocycles. The van der Waals surface area contributed by atoms with E-state index in [1.54, 1.807) is 0 Å². The highest BCUT2D eigenvalue weighted by Crippen LogP contribution is 2.31. The fourth-order valence-corrected chi connectivity index (χ4v) is 4.04. The summed E-state index contributed by atoms with van der Waals surface area (Å²) in [6.45, 7) is 8.96. The lowest BCUT2D eigenvalue weighted by Crippen LogP contribution is -2.42. The maximum absolute atomic E-state index is 13.0. The summed E-state index contributed by atoms with van der Waals surface area (Å²) in [7, 11) is 0. The molecule has 0 bridgehead atoms. The number of benzene rings is 1. The van der Waals surface area contributed by atoms with E-state index in [4.69, 9.17) is 0 Å². The normalized spacial score (nSPS) is 17.9. The second kappa shape index (κ2) is 6.95. The molecule has 2 aliphatic rings. The van der Waals surface area contributed by atoms with Gasteiger partial charge in [-0.3, -0.25) is 4.79 Å². The standard InChI is InChI=1S/C22H28N4O/c1-22(2,3)19-8-9-20(24-23-19)25-13-10-17(11-14-25)21(27)26-15-12-16-6-4-5-7-18(16)26/h4-9,17H,10-15H2,1-3H3. The molecule has 1 aromatic heterocycles. The maximum Gasteiger partial charge on any atom is 0.230 e. The second-order valence-corrected chi connectivity index (χ2v) is 8.66. The van der Waals surface area contributed by atoms with Crippen LogP contribution in [-0.2, 0) is 16.6 Å². The van der Waals surface area contributed by atoms with Gasteiger partial charge in [0, 0.05) is 36.7 Å². The minimum Gasteiger partial charge on any atom is -0.355 e. The third kappa shape index (κ3) is 3.55. The largest absolute Gasteiger partial charge is 0.355 e. The highest BCUT2D eigenvalue weighted by atomic mass is 16.2. The number of anilines is 2. The number of hydrogen-bond acceptors (Lipinski definition) is 4. The van der Waals surface area contributed by atoms with Gasteiger partial charge >= 0.3 is 0 Å². The molecule has 2 aromatic rings. The fourth-order valence-electron chi connectivity index (χ4n) is 4.04. The van der Waals surface area contributed by atoms with Crippen molar-refractivity contribution in [2.75, 3.05) is 29.4 Å². The van der Waals surface area contributed by atoms with E-state index in [9.17, 15) is 4.79 Å². The second-order valence-electron chi connectivity index (χ2n) is 8.66. The SMILES string of the molecule is CC(C)(C)c1ccc(N2CCC(C(=O)N3CCc4ccccc43)CC2)nn1. The lowest BCUT2D eigenvalue weighted by atomic mass is 9.92. The number of fused-ring (bicyclic) bond motifs is 1. The van der Waals surface area contributed by atoms with Crippen molar-refractivity contribution in [3.8, 4) is 0 Å². The molecule has 0 unspecified atom stereocenters. The van der Waals surface area contributed by atoms with Gasteiger partial charge in [-0.2, -0.15) is 5.10 Å². The van der Waals surface area contributed by atoms with E-state index in [1.165, 1.54) is 5.56 Å². The van der Waals surface area contributed by atoms with Gasteiger partial charge in [0.25, 0.3) is 0 Å². The van der Waals surface area contributed by atoms with Gasteiger partial charge in [-0.25, -0.2) is 0 Å². The van der Waals surface area contributed by atoms with E-state index >= 15 is 0 Å². The Balaban J connectivity index is 1.39. The van der Waals surface area contributed by atoms with Gasteiger partial charge in [0.15, 0.2) is 5.82 Å². The Morgan fingerprint density at radius 2 is 1.74 bits per heavy atom. The Hall–Kier alpha value is -2.43. The molecule has 5 nitrogen and oxygen atoms in total. The zero-order valence-electron chi connectivity index (χ0n) is 16.5. The summed E-state index contributed by atoms with van der Waals surface area (Å²) in [5, 5.41) is 8.83. The fraction of sp³-hybridized carbons (Fsp3) is 0.500. The minimum atomic E-state index is 0.0109. The average molecular weight is 364 g/mol. The number of amides is 1. The first-order valence-corrected chi connectivity index (χ1v) is 9.92. The molecule has 27 heavy (non-hydrogen) atoms. The number of rotatable bonds is 2. The molecule has 0 saturated carbocycles. The highest BCUT2D eigenvalue weighted by molar-refractivity contribution is 5.97. The molecule has 2 aliphatic heterocycles. The van der Waals surface area contributed by atoms with Crippen LogP contribution in [-0.4, -0.2) is 35.7 Å². The number of aromatic nitrogens is 2. The Morgan fingerprint density at radius 3 is 2.41 bits per heavy atom. The van der Waals surface area contributed by atoms with Crippen LogP contribution in [0.2, 0.25) is 0 Å². The van der Waals surface area contributed by atoms with Gasteiger partial charge < -0.3 is 9.80 Å². The van der Waals surface area contributed by atoms with Gasteiger partial charge in [-0.15, -0.1) is 5.10 Å². The summed E-state index contributed by atoms with van der Waals surface area (Å²) in [5.74, 6) is 1.31. The van der Waals surface area contributed by atoms with Gasteiger partial charge in [0.05, 0.1) is 5.69 Å². The molecule has 0 N–H and O–H groups in total. The Morgan fingerprint density at radius 1 is 1.00 bits per heavy atom. The van der Waals surface area contributed by atoms with Crippen LogP contribution in [0.4, 0.5) is 11.5 Å². The smallest absolute Gasteiger partial charge is 0.230 e. The van der Waals surface area contributed by atoms with Crippen LogP contribution in [0.1, 0.15) is 44.9 Å². The number of piperidine rings is 1. The number of para-hydroxylation sites is 1. The van der Waals surface area contributed by atoms with Crippen molar-refractivity contribution in [1.29, 1.82) is 0 Å². The molecule has 1 aromatic carbocycles. The number of carbonyl (C=O) groups is 1. The van der Waals surface area contributed by atoms with Crippen molar-refractivity contribution in [3.05, 3.63) is 47.7 Å². The molecule has 0 atom stereocenters. The number of carbonyl (C=O) groups excluding carboxylic acids is 1. The molecule has 1 fully saturated rings. The first-order valence-electron chi connectivity index (χ1n) is 9.92. The van der Waals surface area contributed by atoms with Crippen LogP contribution >= 0.6 is 0 Å². The topological polar surface area (TPSA) is 49.3 Å².